The molecule has 0 aromatic heterocycles. The second kappa shape index (κ2) is 3.63. The number of aliphatic hydroxyl groups excluding tert-OH is 1. The first kappa shape index (κ1) is 10.1. The fraction of sp³-hybridized carbons (Fsp3) is 0.250. The number of hydrogen-bond acceptors (Lipinski definition) is 2. The van der Waals surface area contributed by atoms with Crippen LogP contribution in [-0.2, 0) is 0 Å². The van der Waals surface area contributed by atoms with Crippen LogP contribution in [0.15, 0.2) is 15.4 Å². The standard InChI is InChI=1S/C8H5BrCl2OS/c9-4-1-3-5(12)2-13-8(3)7(11)6(4)10/h1,5,12H,2H2. The lowest BCUT2D eigenvalue weighted by Gasteiger charge is -2.07. The van der Waals surface area contributed by atoms with Crippen LogP contribution >= 0.6 is 50.9 Å². The summed E-state index contributed by atoms with van der Waals surface area (Å²) in [6.07, 6.45) is -0.425. The van der Waals surface area contributed by atoms with Crippen molar-refractivity contribution in [1.82, 2.24) is 0 Å². The van der Waals surface area contributed by atoms with Crippen LogP contribution in [0.25, 0.3) is 0 Å². The van der Waals surface area contributed by atoms with Crippen molar-refractivity contribution in [2.75, 3.05) is 5.75 Å². The molecule has 0 amide bonds. The van der Waals surface area contributed by atoms with Crippen molar-refractivity contribution in [2.24, 2.45) is 0 Å². The van der Waals surface area contributed by atoms with Gasteiger partial charge in [0.25, 0.3) is 0 Å². The molecule has 0 fully saturated rings. The predicted octanol–water partition coefficient (Wildman–Crippen LogP) is 3.90. The van der Waals surface area contributed by atoms with Gasteiger partial charge in [0, 0.05) is 15.1 Å². The third-order valence-corrected chi connectivity index (χ3v) is 4.93. The van der Waals surface area contributed by atoms with Gasteiger partial charge in [-0.1, -0.05) is 23.2 Å². The maximum Gasteiger partial charge on any atom is 0.0895 e. The Bertz CT molecular complexity index is 370. The van der Waals surface area contributed by atoms with E-state index in [-0.39, 0.29) is 0 Å². The van der Waals surface area contributed by atoms with E-state index in [1.807, 2.05) is 6.07 Å². The fourth-order valence-electron chi connectivity index (χ4n) is 1.24. The van der Waals surface area contributed by atoms with Gasteiger partial charge >= 0.3 is 0 Å². The largest absolute Gasteiger partial charge is 0.387 e. The molecule has 1 N–H and O–H groups in total. The molecule has 1 aliphatic rings. The summed E-state index contributed by atoms with van der Waals surface area (Å²) in [5, 5.41) is 10.6. The van der Waals surface area contributed by atoms with E-state index in [1.54, 1.807) is 0 Å². The second-order valence-corrected chi connectivity index (χ2v) is 5.37. The van der Waals surface area contributed by atoms with Crippen LogP contribution in [0.4, 0.5) is 0 Å². The van der Waals surface area contributed by atoms with E-state index in [0.717, 1.165) is 14.9 Å². The lowest BCUT2D eigenvalue weighted by molar-refractivity contribution is 0.205. The molecule has 1 aromatic rings. The first-order valence-electron chi connectivity index (χ1n) is 3.59. The van der Waals surface area contributed by atoms with Gasteiger partial charge in [0.2, 0.25) is 0 Å². The molecule has 0 spiro atoms. The third-order valence-electron chi connectivity index (χ3n) is 1.89. The summed E-state index contributed by atoms with van der Waals surface area (Å²) in [6.45, 7) is 0. The lowest BCUT2D eigenvalue weighted by Crippen LogP contribution is -1.93. The Kier molecular flexibility index (Phi) is 2.82. The van der Waals surface area contributed by atoms with Gasteiger partial charge < -0.3 is 5.11 Å². The summed E-state index contributed by atoms with van der Waals surface area (Å²) >= 11 is 16.8. The smallest absolute Gasteiger partial charge is 0.0895 e. The van der Waals surface area contributed by atoms with E-state index in [4.69, 9.17) is 23.2 Å². The molecular formula is C8H5BrCl2OS. The topological polar surface area (TPSA) is 20.2 Å². The highest BCUT2D eigenvalue weighted by atomic mass is 79.9. The molecule has 1 atom stereocenters. The molecule has 0 saturated carbocycles. The minimum atomic E-state index is -0.425. The zero-order chi connectivity index (χ0) is 9.59. The van der Waals surface area contributed by atoms with E-state index in [1.165, 1.54) is 11.8 Å². The van der Waals surface area contributed by atoms with Crippen LogP contribution in [-0.4, -0.2) is 10.9 Å². The van der Waals surface area contributed by atoms with Crippen molar-refractivity contribution in [3.05, 3.63) is 26.1 Å². The van der Waals surface area contributed by atoms with E-state index in [9.17, 15) is 5.11 Å². The minimum Gasteiger partial charge on any atom is -0.387 e. The molecule has 1 heterocycles. The van der Waals surface area contributed by atoms with E-state index >= 15 is 0 Å². The summed E-state index contributed by atoms with van der Waals surface area (Å²) in [6, 6.07) is 1.83. The molecule has 1 unspecified atom stereocenters. The Morgan fingerprint density at radius 2 is 2.15 bits per heavy atom. The minimum absolute atomic E-state index is 0.425. The number of hydrogen-bond donors (Lipinski definition) is 1. The van der Waals surface area contributed by atoms with Crippen molar-refractivity contribution in [1.29, 1.82) is 0 Å². The number of benzene rings is 1. The van der Waals surface area contributed by atoms with Gasteiger partial charge in [0.1, 0.15) is 0 Å². The molecular weight excluding hydrogens is 295 g/mol. The average molecular weight is 300 g/mol. The van der Waals surface area contributed by atoms with E-state index < -0.39 is 6.10 Å². The first-order chi connectivity index (χ1) is 6.11. The van der Waals surface area contributed by atoms with Gasteiger partial charge in [0.15, 0.2) is 0 Å². The molecule has 13 heavy (non-hydrogen) atoms. The molecule has 0 radical (unpaired) electrons. The van der Waals surface area contributed by atoms with Gasteiger partial charge in [-0.2, -0.15) is 0 Å². The van der Waals surface area contributed by atoms with Gasteiger partial charge in [-0.25, -0.2) is 0 Å². The van der Waals surface area contributed by atoms with Crippen molar-refractivity contribution in [2.45, 2.75) is 11.0 Å². The van der Waals surface area contributed by atoms with E-state index in [0.29, 0.717) is 15.8 Å². The monoisotopic (exact) mass is 298 g/mol. The normalized spacial score (nSPS) is 20.5. The predicted molar refractivity (Wildman–Crippen MR) is 59.8 cm³/mol. The average Bonchev–Trinajstić information content (AvgIpc) is 2.45. The van der Waals surface area contributed by atoms with Crippen LogP contribution in [0.5, 0.6) is 0 Å². The van der Waals surface area contributed by atoms with Crippen LogP contribution in [0.1, 0.15) is 11.7 Å². The highest BCUT2D eigenvalue weighted by Crippen LogP contribution is 2.47. The Labute approximate surface area is 98.5 Å². The highest BCUT2D eigenvalue weighted by molar-refractivity contribution is 9.10. The van der Waals surface area contributed by atoms with Gasteiger partial charge in [-0.15, -0.1) is 11.8 Å². The zero-order valence-corrected chi connectivity index (χ0v) is 10.3. The van der Waals surface area contributed by atoms with Crippen LogP contribution in [0.2, 0.25) is 10.0 Å². The number of fused-ring (bicyclic) bond motifs is 1. The van der Waals surface area contributed by atoms with Gasteiger partial charge in [0.05, 0.1) is 16.1 Å². The SMILES string of the molecule is OC1CSc2c1cc(Br)c(Cl)c2Cl. The number of aliphatic hydroxyl groups is 1. The maximum atomic E-state index is 9.58. The van der Waals surface area contributed by atoms with Crippen molar-refractivity contribution in [3.8, 4) is 0 Å². The molecule has 1 aliphatic heterocycles. The highest BCUT2D eigenvalue weighted by Gasteiger charge is 2.25. The fourth-order valence-corrected chi connectivity index (χ4v) is 3.48. The molecule has 0 aliphatic carbocycles. The van der Waals surface area contributed by atoms with Gasteiger partial charge in [-0.3, -0.25) is 0 Å². The molecule has 1 aromatic carbocycles. The molecule has 2 rings (SSSR count). The Hall–Kier alpha value is 0.590. The molecule has 0 saturated heterocycles. The van der Waals surface area contributed by atoms with Gasteiger partial charge in [-0.05, 0) is 27.6 Å². The number of thioether (sulfide) groups is 1. The molecule has 1 nitrogen and oxygen atoms in total. The summed E-state index contributed by atoms with van der Waals surface area (Å²) < 4.78 is 0.736. The molecule has 0 bridgehead atoms. The van der Waals surface area contributed by atoms with Crippen molar-refractivity contribution < 1.29 is 5.11 Å². The second-order valence-electron chi connectivity index (χ2n) is 2.73. The quantitative estimate of drug-likeness (QED) is 0.733. The maximum absolute atomic E-state index is 9.58. The van der Waals surface area contributed by atoms with Crippen LogP contribution in [0.3, 0.4) is 0 Å². The third kappa shape index (κ3) is 1.61. The van der Waals surface area contributed by atoms with E-state index in [2.05, 4.69) is 15.9 Å². The lowest BCUT2D eigenvalue weighted by atomic mass is 10.1. The van der Waals surface area contributed by atoms with Crippen LogP contribution in [0, 0.1) is 0 Å². The summed E-state index contributed by atoms with van der Waals surface area (Å²) in [4.78, 5) is 0.905. The van der Waals surface area contributed by atoms with Crippen molar-refractivity contribution >= 4 is 50.9 Å². The molecule has 5 heteroatoms. The summed E-state index contributed by atoms with van der Waals surface area (Å²) in [5.74, 6) is 0.655. The Balaban J connectivity index is 2.67. The summed E-state index contributed by atoms with van der Waals surface area (Å²) in [7, 11) is 0. The summed E-state index contributed by atoms with van der Waals surface area (Å²) in [5.41, 5.74) is 0.867. The number of rotatable bonds is 0. The van der Waals surface area contributed by atoms with Crippen molar-refractivity contribution in [3.63, 3.8) is 0 Å². The Morgan fingerprint density at radius 3 is 2.85 bits per heavy atom. The zero-order valence-electron chi connectivity index (χ0n) is 6.35. The first-order valence-corrected chi connectivity index (χ1v) is 6.13. The Morgan fingerprint density at radius 1 is 1.46 bits per heavy atom. The van der Waals surface area contributed by atoms with Crippen LogP contribution < -0.4 is 0 Å². The number of halogens is 3. The molecule has 70 valence electrons.